The van der Waals surface area contributed by atoms with Crippen LogP contribution in [0.4, 0.5) is 0 Å². The largest absolute Gasteiger partial charge is 0.478 e. The maximum atomic E-state index is 10.9. The molecule has 1 aliphatic heterocycles. The summed E-state index contributed by atoms with van der Waals surface area (Å²) < 4.78 is 0.891. The van der Waals surface area contributed by atoms with Crippen molar-refractivity contribution >= 4 is 21.9 Å². The molecule has 5 heteroatoms. The molecule has 0 aromatic heterocycles. The van der Waals surface area contributed by atoms with Crippen molar-refractivity contribution in [1.82, 2.24) is 9.80 Å². The van der Waals surface area contributed by atoms with E-state index in [2.05, 4.69) is 25.7 Å². The third-order valence-electron chi connectivity index (χ3n) is 4.37. The van der Waals surface area contributed by atoms with Crippen LogP contribution in [-0.2, 0) is 6.54 Å². The van der Waals surface area contributed by atoms with E-state index in [1.165, 1.54) is 19.4 Å². The molecule has 1 N–H and O–H groups in total. The monoisotopic (exact) mass is 352 g/mol. The lowest BCUT2D eigenvalue weighted by Crippen LogP contribution is -2.46. The Bertz CT molecular complexity index is 523. The number of hydrogen-bond donors (Lipinski definition) is 1. The van der Waals surface area contributed by atoms with Gasteiger partial charge >= 0.3 is 5.97 Å². The first-order valence-electron chi connectivity index (χ1n) is 7.58. The molecule has 0 unspecified atom stereocenters. The van der Waals surface area contributed by atoms with Gasteiger partial charge in [0.2, 0.25) is 0 Å². The Labute approximate surface area is 133 Å². The van der Waals surface area contributed by atoms with Crippen LogP contribution in [0.1, 0.15) is 28.8 Å². The highest BCUT2D eigenvalue weighted by atomic mass is 79.9. The third kappa shape index (κ3) is 4.05. The molecule has 1 saturated carbocycles. The predicted molar refractivity (Wildman–Crippen MR) is 85.5 cm³/mol. The lowest BCUT2D eigenvalue weighted by Gasteiger charge is -2.35. The molecule has 0 spiro atoms. The van der Waals surface area contributed by atoms with E-state index in [1.54, 1.807) is 12.1 Å². The zero-order chi connectivity index (χ0) is 14.8. The quantitative estimate of drug-likeness (QED) is 0.884. The predicted octanol–water partition coefficient (Wildman–Crippen LogP) is 2.67. The smallest absolute Gasteiger partial charge is 0.335 e. The Morgan fingerprint density at radius 2 is 1.86 bits per heavy atom. The zero-order valence-electron chi connectivity index (χ0n) is 12.1. The van der Waals surface area contributed by atoms with Crippen molar-refractivity contribution < 1.29 is 9.90 Å². The van der Waals surface area contributed by atoms with Crippen LogP contribution in [0.3, 0.4) is 0 Å². The van der Waals surface area contributed by atoms with Crippen LogP contribution in [-0.4, -0.2) is 53.6 Å². The Kier molecular flexibility index (Phi) is 4.62. The second kappa shape index (κ2) is 6.46. The molecule has 1 aromatic carbocycles. The molecule has 0 radical (unpaired) electrons. The van der Waals surface area contributed by atoms with Gasteiger partial charge in [0.1, 0.15) is 0 Å². The van der Waals surface area contributed by atoms with E-state index in [4.69, 9.17) is 5.11 Å². The number of rotatable bonds is 5. The van der Waals surface area contributed by atoms with Crippen LogP contribution in [0.25, 0.3) is 0 Å². The van der Waals surface area contributed by atoms with Crippen LogP contribution in [0.5, 0.6) is 0 Å². The van der Waals surface area contributed by atoms with Gasteiger partial charge in [-0.3, -0.25) is 4.90 Å². The summed E-state index contributed by atoms with van der Waals surface area (Å²) in [5.74, 6) is 0.0881. The minimum absolute atomic E-state index is 0.333. The summed E-state index contributed by atoms with van der Waals surface area (Å²) in [4.78, 5) is 16.0. The number of benzene rings is 1. The number of carboxylic acids is 1. The Morgan fingerprint density at radius 3 is 2.43 bits per heavy atom. The number of halogens is 1. The average molecular weight is 353 g/mol. The van der Waals surface area contributed by atoms with Crippen molar-refractivity contribution in [3.63, 3.8) is 0 Å². The first-order chi connectivity index (χ1) is 10.1. The van der Waals surface area contributed by atoms with Crippen LogP contribution >= 0.6 is 15.9 Å². The molecule has 114 valence electrons. The first-order valence-corrected chi connectivity index (χ1v) is 8.37. The molecule has 0 atom stereocenters. The molecule has 1 saturated heterocycles. The fourth-order valence-electron chi connectivity index (χ4n) is 2.85. The third-order valence-corrected chi connectivity index (χ3v) is 5.11. The van der Waals surface area contributed by atoms with Crippen LogP contribution < -0.4 is 0 Å². The van der Waals surface area contributed by atoms with Gasteiger partial charge in [0.25, 0.3) is 0 Å². The fraction of sp³-hybridized carbons (Fsp3) is 0.562. The van der Waals surface area contributed by atoms with E-state index in [0.717, 1.165) is 48.7 Å². The van der Waals surface area contributed by atoms with E-state index in [0.29, 0.717) is 5.56 Å². The fourth-order valence-corrected chi connectivity index (χ4v) is 3.35. The van der Waals surface area contributed by atoms with Gasteiger partial charge in [-0.15, -0.1) is 0 Å². The van der Waals surface area contributed by atoms with Gasteiger partial charge in [-0.05, 0) is 36.5 Å². The van der Waals surface area contributed by atoms with Gasteiger partial charge in [-0.1, -0.05) is 22.0 Å². The Hall–Kier alpha value is -0.910. The highest BCUT2D eigenvalue weighted by molar-refractivity contribution is 9.10. The Morgan fingerprint density at radius 1 is 1.19 bits per heavy atom. The number of piperazine rings is 1. The minimum Gasteiger partial charge on any atom is -0.478 e. The summed E-state index contributed by atoms with van der Waals surface area (Å²) in [6.45, 7) is 6.67. The molecule has 1 aromatic rings. The molecule has 21 heavy (non-hydrogen) atoms. The van der Waals surface area contributed by atoms with E-state index in [-0.39, 0.29) is 0 Å². The van der Waals surface area contributed by atoms with Crippen LogP contribution in [0.2, 0.25) is 0 Å². The molecule has 2 fully saturated rings. The van der Waals surface area contributed by atoms with Gasteiger partial charge < -0.3 is 10.0 Å². The van der Waals surface area contributed by atoms with Gasteiger partial charge in [0.05, 0.1) is 5.56 Å². The maximum absolute atomic E-state index is 10.9. The maximum Gasteiger partial charge on any atom is 0.335 e. The topological polar surface area (TPSA) is 43.8 Å². The lowest BCUT2D eigenvalue weighted by atomic mass is 10.1. The zero-order valence-corrected chi connectivity index (χ0v) is 13.7. The number of hydrogen-bond acceptors (Lipinski definition) is 3. The number of aromatic carboxylic acids is 1. The first kappa shape index (κ1) is 15.0. The van der Waals surface area contributed by atoms with Crippen LogP contribution in [0.15, 0.2) is 22.7 Å². The molecule has 1 heterocycles. The summed E-state index contributed by atoms with van der Waals surface area (Å²) in [7, 11) is 0. The van der Waals surface area contributed by atoms with E-state index in [9.17, 15) is 4.79 Å². The Balaban J connectivity index is 1.53. The van der Waals surface area contributed by atoms with Crippen molar-refractivity contribution in [2.75, 3.05) is 32.7 Å². The summed E-state index contributed by atoms with van der Waals surface area (Å²) in [5.41, 5.74) is 1.50. The summed E-state index contributed by atoms with van der Waals surface area (Å²) in [6, 6.07) is 5.30. The van der Waals surface area contributed by atoms with Gasteiger partial charge in [-0.2, -0.15) is 0 Å². The van der Waals surface area contributed by atoms with E-state index in [1.807, 2.05) is 6.07 Å². The van der Waals surface area contributed by atoms with Crippen molar-refractivity contribution in [2.24, 2.45) is 5.92 Å². The molecule has 1 aliphatic carbocycles. The molecular formula is C16H21BrN2O2. The summed E-state index contributed by atoms with van der Waals surface area (Å²) in [6.07, 6.45) is 2.84. The second-order valence-corrected chi connectivity index (χ2v) is 6.99. The van der Waals surface area contributed by atoms with E-state index >= 15 is 0 Å². The molecule has 0 amide bonds. The van der Waals surface area contributed by atoms with Gasteiger partial charge in [0, 0.05) is 43.7 Å². The average Bonchev–Trinajstić information content (AvgIpc) is 3.27. The number of carboxylic acid groups (broad SMARTS) is 1. The highest BCUT2D eigenvalue weighted by Gasteiger charge is 2.26. The summed E-state index contributed by atoms with van der Waals surface area (Å²) in [5, 5.41) is 8.99. The highest BCUT2D eigenvalue weighted by Crippen LogP contribution is 2.30. The van der Waals surface area contributed by atoms with E-state index < -0.39 is 5.97 Å². The molecular weight excluding hydrogens is 332 g/mol. The number of nitrogens with zero attached hydrogens (tertiary/aromatic N) is 2. The normalized spacial score (nSPS) is 20.6. The summed E-state index contributed by atoms with van der Waals surface area (Å²) >= 11 is 3.49. The second-order valence-electron chi connectivity index (χ2n) is 6.13. The molecule has 0 bridgehead atoms. The minimum atomic E-state index is -0.879. The van der Waals surface area contributed by atoms with Gasteiger partial charge in [0.15, 0.2) is 0 Å². The standard InChI is InChI=1S/C16H21BrN2O2/c17-15-9-13(16(20)21)3-4-14(15)11-19-7-5-18(6-8-19)10-12-1-2-12/h3-4,9,12H,1-2,5-8,10-11H2,(H,20,21). The number of carbonyl (C=O) groups is 1. The lowest BCUT2D eigenvalue weighted by molar-refractivity contribution is 0.0696. The van der Waals surface area contributed by atoms with Gasteiger partial charge in [-0.25, -0.2) is 4.79 Å². The SMILES string of the molecule is O=C(O)c1ccc(CN2CCN(CC3CC3)CC2)c(Br)c1. The van der Waals surface area contributed by atoms with Crippen LogP contribution in [0, 0.1) is 5.92 Å². The van der Waals surface area contributed by atoms with Crippen molar-refractivity contribution in [2.45, 2.75) is 19.4 Å². The van der Waals surface area contributed by atoms with Crippen molar-refractivity contribution in [3.8, 4) is 0 Å². The van der Waals surface area contributed by atoms with Crippen molar-refractivity contribution in [1.29, 1.82) is 0 Å². The van der Waals surface area contributed by atoms with Crippen molar-refractivity contribution in [3.05, 3.63) is 33.8 Å². The molecule has 2 aliphatic rings. The molecule has 4 nitrogen and oxygen atoms in total. The molecule has 3 rings (SSSR count).